The Morgan fingerprint density at radius 1 is 1.50 bits per heavy atom. The molecule has 1 unspecified atom stereocenters. The van der Waals surface area contributed by atoms with Crippen LogP contribution in [0.5, 0.6) is 0 Å². The van der Waals surface area contributed by atoms with Gasteiger partial charge in [-0.05, 0) is 30.9 Å². The number of thiophene rings is 1. The van der Waals surface area contributed by atoms with Crippen molar-refractivity contribution in [3.8, 4) is 0 Å². The van der Waals surface area contributed by atoms with Gasteiger partial charge in [-0.2, -0.15) is 0 Å². The molecule has 0 bridgehead atoms. The molecule has 0 saturated carbocycles. The summed E-state index contributed by atoms with van der Waals surface area (Å²) in [6.45, 7) is 1.73. The second kappa shape index (κ2) is 6.95. The van der Waals surface area contributed by atoms with Crippen molar-refractivity contribution in [3.05, 3.63) is 21.3 Å². The number of urea groups is 1. The van der Waals surface area contributed by atoms with E-state index < -0.39 is 5.97 Å². The summed E-state index contributed by atoms with van der Waals surface area (Å²) in [7, 11) is 0. The van der Waals surface area contributed by atoms with Crippen LogP contribution in [-0.2, 0) is 11.2 Å². The van der Waals surface area contributed by atoms with E-state index in [0.29, 0.717) is 19.6 Å². The minimum Gasteiger partial charge on any atom is -0.481 e. The number of nitrogens with one attached hydrogen (secondary N) is 1. The van der Waals surface area contributed by atoms with Gasteiger partial charge in [0, 0.05) is 30.9 Å². The molecule has 1 saturated heterocycles. The topological polar surface area (TPSA) is 69.6 Å². The Hall–Kier alpha value is -1.27. The lowest BCUT2D eigenvalue weighted by Crippen LogP contribution is -2.39. The summed E-state index contributed by atoms with van der Waals surface area (Å²) in [6, 6.07) is 3.69. The molecule has 5 nitrogen and oxygen atoms in total. The smallest absolute Gasteiger partial charge is 0.317 e. The molecule has 0 aromatic carbocycles. The van der Waals surface area contributed by atoms with Crippen LogP contribution in [0.1, 0.15) is 17.7 Å². The molecule has 110 valence electrons. The zero-order chi connectivity index (χ0) is 14.5. The minimum atomic E-state index is -0.799. The first kappa shape index (κ1) is 15.1. The summed E-state index contributed by atoms with van der Waals surface area (Å²) in [4.78, 5) is 25.4. The summed E-state index contributed by atoms with van der Waals surface area (Å²) in [5.41, 5.74) is 0. The monoisotopic (exact) mass is 316 g/mol. The Morgan fingerprint density at radius 2 is 2.30 bits per heavy atom. The molecule has 1 aromatic heterocycles. The van der Waals surface area contributed by atoms with Gasteiger partial charge in [0.05, 0.1) is 4.34 Å². The third-order valence-electron chi connectivity index (χ3n) is 3.31. The van der Waals surface area contributed by atoms with Crippen molar-refractivity contribution < 1.29 is 14.7 Å². The second-order valence-electron chi connectivity index (χ2n) is 4.89. The van der Waals surface area contributed by atoms with Crippen LogP contribution >= 0.6 is 22.9 Å². The SMILES string of the molecule is O=C(O)CC1CCN(C(=O)NCCc2ccc(Cl)s2)C1. The molecule has 2 rings (SSSR count). The van der Waals surface area contributed by atoms with Crippen LogP contribution in [0.25, 0.3) is 0 Å². The first-order chi connectivity index (χ1) is 9.54. The van der Waals surface area contributed by atoms with E-state index in [1.54, 1.807) is 4.90 Å². The maximum Gasteiger partial charge on any atom is 0.317 e. The number of hydrogen-bond donors (Lipinski definition) is 2. The molecule has 2 amide bonds. The number of hydrogen-bond acceptors (Lipinski definition) is 3. The maximum absolute atomic E-state index is 11.9. The van der Waals surface area contributed by atoms with E-state index >= 15 is 0 Å². The van der Waals surface area contributed by atoms with Crippen molar-refractivity contribution >= 4 is 34.9 Å². The zero-order valence-corrected chi connectivity index (χ0v) is 12.5. The predicted molar refractivity (Wildman–Crippen MR) is 78.4 cm³/mol. The van der Waals surface area contributed by atoms with Gasteiger partial charge in [-0.15, -0.1) is 11.3 Å². The predicted octanol–water partition coefficient (Wildman–Crippen LogP) is 2.45. The highest BCUT2D eigenvalue weighted by Gasteiger charge is 2.27. The zero-order valence-electron chi connectivity index (χ0n) is 11.0. The normalized spacial score (nSPS) is 18.2. The quantitative estimate of drug-likeness (QED) is 0.876. The molecule has 1 aliphatic heterocycles. The average Bonchev–Trinajstić information content (AvgIpc) is 2.98. The van der Waals surface area contributed by atoms with Crippen LogP contribution in [0.2, 0.25) is 4.34 Å². The molecule has 7 heteroatoms. The van der Waals surface area contributed by atoms with Gasteiger partial charge < -0.3 is 15.3 Å². The van der Waals surface area contributed by atoms with Gasteiger partial charge in [0.2, 0.25) is 0 Å². The molecule has 1 aliphatic rings. The molecule has 20 heavy (non-hydrogen) atoms. The minimum absolute atomic E-state index is 0.0781. The summed E-state index contributed by atoms with van der Waals surface area (Å²) in [6.07, 6.45) is 1.66. The van der Waals surface area contributed by atoms with Gasteiger partial charge in [0.15, 0.2) is 0 Å². The lowest BCUT2D eigenvalue weighted by Gasteiger charge is -2.16. The Kier molecular flexibility index (Phi) is 5.25. The number of halogens is 1. The number of rotatable bonds is 5. The van der Waals surface area contributed by atoms with E-state index in [2.05, 4.69) is 5.32 Å². The molecule has 2 heterocycles. The van der Waals surface area contributed by atoms with Crippen molar-refractivity contribution in [3.63, 3.8) is 0 Å². The molecule has 0 spiro atoms. The molecule has 2 N–H and O–H groups in total. The van der Waals surface area contributed by atoms with Gasteiger partial charge in [0.25, 0.3) is 0 Å². The number of likely N-dealkylation sites (tertiary alicyclic amines) is 1. The molecule has 0 radical (unpaired) electrons. The van der Waals surface area contributed by atoms with Crippen LogP contribution in [0.15, 0.2) is 12.1 Å². The van der Waals surface area contributed by atoms with Crippen LogP contribution in [0, 0.1) is 5.92 Å². The van der Waals surface area contributed by atoms with Crippen LogP contribution < -0.4 is 5.32 Å². The summed E-state index contributed by atoms with van der Waals surface area (Å²) in [5, 5.41) is 11.6. The number of carbonyl (C=O) groups excluding carboxylic acids is 1. The summed E-state index contributed by atoms with van der Waals surface area (Å²) >= 11 is 7.35. The van der Waals surface area contributed by atoms with Crippen LogP contribution in [0.3, 0.4) is 0 Å². The second-order valence-corrected chi connectivity index (χ2v) is 6.69. The molecular formula is C13H17ClN2O3S. The largest absolute Gasteiger partial charge is 0.481 e. The standard InChI is InChI=1S/C13H17ClN2O3S/c14-11-2-1-10(20-11)3-5-15-13(19)16-6-4-9(8-16)7-12(17)18/h1-2,9H,3-8H2,(H,15,19)(H,17,18). The molecule has 1 fully saturated rings. The molecule has 1 atom stereocenters. The number of amides is 2. The third-order valence-corrected chi connectivity index (χ3v) is 4.60. The van der Waals surface area contributed by atoms with E-state index in [0.717, 1.165) is 22.1 Å². The van der Waals surface area contributed by atoms with Crippen LogP contribution in [0.4, 0.5) is 4.79 Å². The van der Waals surface area contributed by atoms with Crippen molar-refractivity contribution in [2.75, 3.05) is 19.6 Å². The number of aliphatic carboxylic acids is 1. The Labute approximate surface area is 126 Å². The van der Waals surface area contributed by atoms with Crippen LogP contribution in [-0.4, -0.2) is 41.6 Å². The summed E-state index contributed by atoms with van der Waals surface area (Å²) < 4.78 is 0.752. The van der Waals surface area contributed by atoms with Crippen molar-refractivity contribution in [2.24, 2.45) is 5.92 Å². The van der Waals surface area contributed by atoms with Gasteiger partial charge >= 0.3 is 12.0 Å². The Balaban J connectivity index is 1.69. The van der Waals surface area contributed by atoms with Gasteiger partial charge in [-0.3, -0.25) is 4.79 Å². The number of nitrogens with zero attached hydrogens (tertiary/aromatic N) is 1. The fourth-order valence-corrected chi connectivity index (χ4v) is 3.41. The summed E-state index contributed by atoms with van der Waals surface area (Å²) in [5.74, 6) is -0.721. The lowest BCUT2D eigenvalue weighted by molar-refractivity contribution is -0.138. The third kappa shape index (κ3) is 4.38. The fourth-order valence-electron chi connectivity index (χ4n) is 2.32. The van der Waals surface area contributed by atoms with Gasteiger partial charge in [-0.1, -0.05) is 11.6 Å². The van der Waals surface area contributed by atoms with E-state index in [-0.39, 0.29) is 18.4 Å². The first-order valence-corrected chi connectivity index (χ1v) is 7.73. The fraction of sp³-hybridized carbons (Fsp3) is 0.538. The number of carboxylic acids is 1. The van der Waals surface area contributed by atoms with Gasteiger partial charge in [0.1, 0.15) is 0 Å². The number of carbonyl (C=O) groups is 2. The Bertz CT molecular complexity index is 492. The van der Waals surface area contributed by atoms with E-state index in [1.165, 1.54) is 11.3 Å². The highest BCUT2D eigenvalue weighted by Crippen LogP contribution is 2.22. The lowest BCUT2D eigenvalue weighted by atomic mass is 10.1. The van der Waals surface area contributed by atoms with E-state index in [9.17, 15) is 9.59 Å². The van der Waals surface area contributed by atoms with E-state index in [4.69, 9.17) is 16.7 Å². The van der Waals surface area contributed by atoms with E-state index in [1.807, 2.05) is 12.1 Å². The number of carboxylic acid groups (broad SMARTS) is 1. The van der Waals surface area contributed by atoms with Gasteiger partial charge in [-0.25, -0.2) is 4.79 Å². The van der Waals surface area contributed by atoms with Crippen molar-refractivity contribution in [1.82, 2.24) is 10.2 Å². The maximum atomic E-state index is 11.9. The molecular weight excluding hydrogens is 300 g/mol. The van der Waals surface area contributed by atoms with Crippen molar-refractivity contribution in [2.45, 2.75) is 19.3 Å². The highest BCUT2D eigenvalue weighted by molar-refractivity contribution is 7.16. The first-order valence-electron chi connectivity index (χ1n) is 6.53. The highest BCUT2D eigenvalue weighted by atomic mass is 35.5. The Morgan fingerprint density at radius 3 is 2.95 bits per heavy atom. The average molecular weight is 317 g/mol. The molecule has 1 aromatic rings. The molecule has 0 aliphatic carbocycles. The van der Waals surface area contributed by atoms with Crippen molar-refractivity contribution in [1.29, 1.82) is 0 Å².